The van der Waals surface area contributed by atoms with Gasteiger partial charge in [-0.05, 0) is 137 Å². The van der Waals surface area contributed by atoms with Crippen molar-refractivity contribution >= 4 is 38.6 Å². The van der Waals surface area contributed by atoms with E-state index in [1.807, 2.05) is 0 Å². The molecule has 1 nitrogen and oxygen atoms in total. The number of hydrogen-bond donors (Lipinski definition) is 0. The number of fused-ring (bicyclic) bond motifs is 6. The second kappa shape index (κ2) is 14.4. The SMILES string of the molecule is CC1(C)c2cc(-c3cc4ccccc4c4ccccc34)ccc2-c2ccc(N(c3ccccc3)c3ccc(-c4ccc(-c5ccc(-c6ccccc6)cc5)cc4)cc3)cc21. The summed E-state index contributed by atoms with van der Waals surface area (Å²) in [5.41, 5.74) is 18.4. The van der Waals surface area contributed by atoms with Crippen LogP contribution in [-0.4, -0.2) is 0 Å². The van der Waals surface area contributed by atoms with Crippen LogP contribution in [0.4, 0.5) is 17.1 Å². The molecule has 0 aromatic heterocycles. The van der Waals surface area contributed by atoms with Crippen LogP contribution in [0.1, 0.15) is 25.0 Å². The molecule has 0 fully saturated rings. The molecule has 1 aliphatic carbocycles. The maximum absolute atomic E-state index is 2.45. The molecule has 0 radical (unpaired) electrons. The van der Waals surface area contributed by atoms with Crippen LogP contribution in [0.2, 0.25) is 0 Å². The molecule has 0 saturated heterocycles. The Hall–Kier alpha value is -7.48. The van der Waals surface area contributed by atoms with Crippen LogP contribution in [0.15, 0.2) is 224 Å². The molecule has 1 heteroatoms. The molecule has 0 atom stereocenters. The largest absolute Gasteiger partial charge is 0.310 e. The van der Waals surface area contributed by atoms with E-state index in [4.69, 9.17) is 0 Å². The van der Waals surface area contributed by atoms with Crippen molar-refractivity contribution in [2.24, 2.45) is 0 Å². The first-order valence-electron chi connectivity index (χ1n) is 20.9. The number of benzene rings is 10. The van der Waals surface area contributed by atoms with Gasteiger partial charge in [-0.2, -0.15) is 0 Å². The van der Waals surface area contributed by atoms with E-state index in [9.17, 15) is 0 Å². The minimum absolute atomic E-state index is 0.189. The summed E-state index contributed by atoms with van der Waals surface area (Å²) in [6.07, 6.45) is 0. The molecular formula is C59H43N. The molecule has 0 unspecified atom stereocenters. The molecule has 0 N–H and O–H groups in total. The normalized spacial score (nSPS) is 12.6. The van der Waals surface area contributed by atoms with Crippen LogP contribution >= 0.6 is 0 Å². The third-order valence-electron chi connectivity index (χ3n) is 12.7. The fourth-order valence-corrected chi connectivity index (χ4v) is 9.49. The number of nitrogens with zero attached hydrogens (tertiary/aromatic N) is 1. The molecule has 60 heavy (non-hydrogen) atoms. The van der Waals surface area contributed by atoms with Gasteiger partial charge in [0.05, 0.1) is 0 Å². The van der Waals surface area contributed by atoms with Crippen LogP contribution in [0.25, 0.3) is 77.2 Å². The van der Waals surface area contributed by atoms with Gasteiger partial charge in [0.1, 0.15) is 0 Å². The third kappa shape index (κ3) is 6.10. The minimum Gasteiger partial charge on any atom is -0.310 e. The van der Waals surface area contributed by atoms with Gasteiger partial charge < -0.3 is 4.90 Å². The van der Waals surface area contributed by atoms with Crippen molar-refractivity contribution in [1.29, 1.82) is 0 Å². The number of rotatable bonds is 7. The zero-order valence-corrected chi connectivity index (χ0v) is 33.8. The second-order valence-electron chi connectivity index (χ2n) is 16.5. The van der Waals surface area contributed by atoms with E-state index in [0.717, 1.165) is 17.1 Å². The number of hydrogen-bond acceptors (Lipinski definition) is 1. The highest BCUT2D eigenvalue weighted by atomic mass is 15.1. The molecule has 0 saturated carbocycles. The topological polar surface area (TPSA) is 3.24 Å². The lowest BCUT2D eigenvalue weighted by Gasteiger charge is -2.28. The Labute approximate surface area is 352 Å². The monoisotopic (exact) mass is 765 g/mol. The Morgan fingerprint density at radius 1 is 0.283 bits per heavy atom. The first-order valence-corrected chi connectivity index (χ1v) is 20.9. The first kappa shape index (κ1) is 35.7. The summed E-state index contributed by atoms with van der Waals surface area (Å²) in [4.78, 5) is 2.39. The molecule has 10 aromatic carbocycles. The van der Waals surface area contributed by atoms with E-state index in [1.54, 1.807) is 0 Å². The minimum atomic E-state index is -0.189. The molecule has 10 aromatic rings. The van der Waals surface area contributed by atoms with E-state index < -0.39 is 0 Å². The maximum atomic E-state index is 2.45. The zero-order valence-electron chi connectivity index (χ0n) is 33.8. The molecule has 1 aliphatic rings. The summed E-state index contributed by atoms with van der Waals surface area (Å²) < 4.78 is 0. The van der Waals surface area contributed by atoms with Gasteiger partial charge in [0.15, 0.2) is 0 Å². The maximum Gasteiger partial charge on any atom is 0.0465 e. The lowest BCUT2D eigenvalue weighted by Crippen LogP contribution is -2.16. The molecule has 284 valence electrons. The number of anilines is 3. The summed E-state index contributed by atoms with van der Waals surface area (Å²) in [5, 5.41) is 5.16. The molecule has 11 rings (SSSR count). The quantitative estimate of drug-likeness (QED) is 0.146. The van der Waals surface area contributed by atoms with Gasteiger partial charge in [-0.3, -0.25) is 0 Å². The highest BCUT2D eigenvalue weighted by Gasteiger charge is 2.36. The second-order valence-corrected chi connectivity index (χ2v) is 16.5. The summed E-state index contributed by atoms with van der Waals surface area (Å²) in [5.74, 6) is 0. The summed E-state index contributed by atoms with van der Waals surface area (Å²) >= 11 is 0. The standard InChI is InChI=1S/C59H43N/c1-59(2)57-38-47(56-37-46-15-9-10-18-51(46)52-19-11-12-20-53(52)56)31-35-54(57)55-36-34-50(39-58(55)59)60(48-16-7-4-8-17-48)49-32-29-45(30-33-49)44-27-25-43(26-28-44)42-23-21-41(22-24-42)40-13-5-3-6-14-40/h3-39H,1-2H3. The van der Waals surface area contributed by atoms with Crippen molar-refractivity contribution < 1.29 is 0 Å². The van der Waals surface area contributed by atoms with E-state index in [-0.39, 0.29) is 5.41 Å². The van der Waals surface area contributed by atoms with Crippen molar-refractivity contribution in [2.75, 3.05) is 4.90 Å². The molecular weight excluding hydrogens is 723 g/mol. The number of para-hydroxylation sites is 1. The van der Waals surface area contributed by atoms with E-state index in [1.165, 1.54) is 88.3 Å². The van der Waals surface area contributed by atoms with Crippen molar-refractivity contribution in [3.63, 3.8) is 0 Å². The average molecular weight is 766 g/mol. The third-order valence-corrected chi connectivity index (χ3v) is 12.7. The summed E-state index contributed by atoms with van der Waals surface area (Å²) in [6, 6.07) is 82.2. The van der Waals surface area contributed by atoms with Crippen LogP contribution in [0.3, 0.4) is 0 Å². The summed E-state index contributed by atoms with van der Waals surface area (Å²) in [6.45, 7) is 4.77. The Morgan fingerprint density at radius 3 is 1.32 bits per heavy atom. The molecule has 0 aliphatic heterocycles. The average Bonchev–Trinajstić information content (AvgIpc) is 3.54. The molecule has 0 bridgehead atoms. The van der Waals surface area contributed by atoms with Crippen LogP contribution in [0.5, 0.6) is 0 Å². The van der Waals surface area contributed by atoms with Crippen molar-refractivity contribution in [1.82, 2.24) is 0 Å². The van der Waals surface area contributed by atoms with Gasteiger partial charge in [-0.1, -0.05) is 190 Å². The van der Waals surface area contributed by atoms with E-state index >= 15 is 0 Å². The lowest BCUT2D eigenvalue weighted by atomic mass is 9.81. The fourth-order valence-electron chi connectivity index (χ4n) is 9.49. The van der Waals surface area contributed by atoms with Crippen molar-refractivity contribution in [3.8, 4) is 55.6 Å². The van der Waals surface area contributed by atoms with Crippen LogP contribution < -0.4 is 4.90 Å². The Bertz CT molecular complexity index is 3180. The van der Waals surface area contributed by atoms with Crippen LogP contribution in [0, 0.1) is 0 Å². The summed E-state index contributed by atoms with van der Waals surface area (Å²) in [7, 11) is 0. The van der Waals surface area contributed by atoms with Gasteiger partial charge in [-0.15, -0.1) is 0 Å². The highest BCUT2D eigenvalue weighted by molar-refractivity contribution is 6.14. The van der Waals surface area contributed by atoms with E-state index in [0.29, 0.717) is 0 Å². The predicted octanol–water partition coefficient (Wildman–Crippen LogP) is 16.4. The van der Waals surface area contributed by atoms with Crippen LogP contribution in [-0.2, 0) is 5.41 Å². The Balaban J connectivity index is 0.908. The van der Waals surface area contributed by atoms with Gasteiger partial charge in [0.2, 0.25) is 0 Å². The first-order chi connectivity index (χ1) is 29.5. The van der Waals surface area contributed by atoms with E-state index in [2.05, 4.69) is 243 Å². The smallest absolute Gasteiger partial charge is 0.0465 e. The molecule has 0 spiro atoms. The van der Waals surface area contributed by atoms with Crippen molar-refractivity contribution in [2.45, 2.75) is 19.3 Å². The predicted molar refractivity (Wildman–Crippen MR) is 255 cm³/mol. The van der Waals surface area contributed by atoms with Gasteiger partial charge in [-0.25, -0.2) is 0 Å². The highest BCUT2D eigenvalue weighted by Crippen LogP contribution is 2.52. The van der Waals surface area contributed by atoms with Gasteiger partial charge in [0.25, 0.3) is 0 Å². The Morgan fingerprint density at radius 2 is 0.700 bits per heavy atom. The van der Waals surface area contributed by atoms with Gasteiger partial charge in [0, 0.05) is 22.5 Å². The van der Waals surface area contributed by atoms with Gasteiger partial charge >= 0.3 is 0 Å². The Kier molecular flexibility index (Phi) is 8.57. The van der Waals surface area contributed by atoms with Crippen molar-refractivity contribution in [3.05, 3.63) is 236 Å². The lowest BCUT2D eigenvalue weighted by molar-refractivity contribution is 0.660. The molecule has 0 heterocycles. The molecule has 0 amide bonds. The zero-order chi connectivity index (χ0) is 40.2. The fraction of sp³-hybridized carbons (Fsp3) is 0.0508.